The van der Waals surface area contributed by atoms with Crippen LogP contribution in [-0.2, 0) is 6.42 Å². The Morgan fingerprint density at radius 1 is 0.867 bits per heavy atom. The molecule has 2 heterocycles. The first-order chi connectivity index (χ1) is 14.8. The molecule has 2 saturated heterocycles. The lowest BCUT2D eigenvalue weighted by Crippen LogP contribution is -2.63. The van der Waals surface area contributed by atoms with E-state index in [2.05, 4.69) is 58.7 Å². The number of carbonyl (C=O) groups excluding carboxylic acids is 1. The molecule has 5 rings (SSSR count). The second kappa shape index (κ2) is 8.49. The van der Waals surface area contributed by atoms with Crippen LogP contribution in [0.4, 0.5) is 10.5 Å². The summed E-state index contributed by atoms with van der Waals surface area (Å²) < 4.78 is 0. The van der Waals surface area contributed by atoms with Crippen molar-refractivity contribution in [1.29, 1.82) is 0 Å². The Balaban J connectivity index is 1.10. The Morgan fingerprint density at radius 3 is 2.37 bits per heavy atom. The van der Waals surface area contributed by atoms with E-state index in [0.717, 1.165) is 48.6 Å². The zero-order chi connectivity index (χ0) is 20.3. The molecule has 0 unspecified atom stereocenters. The highest BCUT2D eigenvalue weighted by Crippen LogP contribution is 2.27. The normalized spacial score (nSPS) is 18.3. The second-order valence-corrected chi connectivity index (χ2v) is 8.68. The molecular weight excluding hydrogens is 370 g/mol. The fraction of sp³-hybridized carbons (Fsp3) is 0.346. The summed E-state index contributed by atoms with van der Waals surface area (Å²) in [5.74, 6) is 0.787. The van der Waals surface area contributed by atoms with Gasteiger partial charge in [0.05, 0.1) is 5.69 Å². The van der Waals surface area contributed by atoms with Crippen LogP contribution in [0.1, 0.15) is 18.4 Å². The molecule has 0 bridgehead atoms. The fourth-order valence-electron chi connectivity index (χ4n) is 4.85. The van der Waals surface area contributed by atoms with Crippen LogP contribution in [-0.4, -0.2) is 48.1 Å². The first-order valence-corrected chi connectivity index (χ1v) is 11.1. The Kier molecular flexibility index (Phi) is 5.41. The minimum absolute atomic E-state index is 0.0153. The van der Waals surface area contributed by atoms with Crippen LogP contribution < -0.4 is 5.32 Å². The van der Waals surface area contributed by atoms with Gasteiger partial charge in [-0.3, -0.25) is 4.90 Å². The number of amides is 2. The van der Waals surface area contributed by atoms with Gasteiger partial charge >= 0.3 is 6.03 Å². The molecule has 3 aromatic rings. The standard InChI is InChI=1S/C26H29N3O/c30-26(27-25-12-6-10-22-9-4-5-11-24(22)25)29-18-23(19-29)28-15-13-21(14-16-28)17-20-7-2-1-3-8-20/h1-12,21,23H,13-19H2,(H,27,30). The highest BCUT2D eigenvalue weighted by Gasteiger charge is 2.36. The molecule has 0 atom stereocenters. The van der Waals surface area contributed by atoms with Crippen molar-refractivity contribution >= 4 is 22.5 Å². The Bertz CT molecular complexity index is 1000. The van der Waals surface area contributed by atoms with Crippen LogP contribution in [0, 0.1) is 5.92 Å². The van der Waals surface area contributed by atoms with E-state index in [1.54, 1.807) is 0 Å². The molecule has 2 aliphatic rings. The van der Waals surface area contributed by atoms with Crippen molar-refractivity contribution in [2.45, 2.75) is 25.3 Å². The summed E-state index contributed by atoms with van der Waals surface area (Å²) in [6.45, 7) is 3.97. The van der Waals surface area contributed by atoms with Gasteiger partial charge in [-0.2, -0.15) is 0 Å². The van der Waals surface area contributed by atoms with Crippen LogP contribution in [0.2, 0.25) is 0 Å². The van der Waals surface area contributed by atoms with Gasteiger partial charge in [-0.05, 0) is 55.3 Å². The van der Waals surface area contributed by atoms with Crippen LogP contribution in [0.25, 0.3) is 10.8 Å². The average Bonchev–Trinajstić information content (AvgIpc) is 2.75. The zero-order valence-electron chi connectivity index (χ0n) is 17.3. The van der Waals surface area contributed by atoms with Gasteiger partial charge < -0.3 is 10.2 Å². The summed E-state index contributed by atoms with van der Waals surface area (Å²) in [7, 11) is 0. The number of piperidine rings is 1. The third kappa shape index (κ3) is 4.05. The highest BCUT2D eigenvalue weighted by atomic mass is 16.2. The molecule has 4 nitrogen and oxygen atoms in total. The molecule has 0 aliphatic carbocycles. The lowest BCUT2D eigenvalue weighted by atomic mass is 9.89. The van der Waals surface area contributed by atoms with Gasteiger partial charge in [-0.25, -0.2) is 4.79 Å². The molecule has 2 aliphatic heterocycles. The largest absolute Gasteiger partial charge is 0.321 e. The smallest absolute Gasteiger partial charge is 0.321 e. The van der Waals surface area contributed by atoms with Gasteiger partial charge in [0.15, 0.2) is 0 Å². The summed E-state index contributed by atoms with van der Waals surface area (Å²) in [5, 5.41) is 5.35. The van der Waals surface area contributed by atoms with E-state index in [1.165, 1.54) is 24.8 Å². The van der Waals surface area contributed by atoms with Crippen LogP contribution in [0.15, 0.2) is 72.8 Å². The number of likely N-dealkylation sites (tertiary alicyclic amines) is 2. The summed E-state index contributed by atoms with van der Waals surface area (Å²) >= 11 is 0. The number of nitrogens with zero attached hydrogens (tertiary/aromatic N) is 2. The average molecular weight is 400 g/mol. The van der Waals surface area contributed by atoms with Crippen molar-refractivity contribution in [2.24, 2.45) is 5.92 Å². The predicted octanol–water partition coefficient (Wildman–Crippen LogP) is 5.01. The molecule has 3 aromatic carbocycles. The van der Waals surface area contributed by atoms with E-state index in [4.69, 9.17) is 0 Å². The van der Waals surface area contributed by atoms with Crippen LogP contribution in [0.5, 0.6) is 0 Å². The maximum Gasteiger partial charge on any atom is 0.321 e. The third-order valence-corrected chi connectivity index (χ3v) is 6.71. The molecule has 2 amide bonds. The summed E-state index contributed by atoms with van der Waals surface area (Å²) in [6.07, 6.45) is 3.71. The number of urea groups is 1. The van der Waals surface area contributed by atoms with Crippen LogP contribution in [0.3, 0.4) is 0 Å². The molecule has 30 heavy (non-hydrogen) atoms. The molecule has 4 heteroatoms. The van der Waals surface area contributed by atoms with E-state index >= 15 is 0 Å². The Labute approximate surface area is 178 Å². The quantitative estimate of drug-likeness (QED) is 0.669. The van der Waals surface area contributed by atoms with Gasteiger partial charge in [0.2, 0.25) is 0 Å². The highest BCUT2D eigenvalue weighted by molar-refractivity contribution is 6.01. The van der Waals surface area contributed by atoms with Crippen molar-refractivity contribution in [1.82, 2.24) is 9.80 Å². The second-order valence-electron chi connectivity index (χ2n) is 8.68. The number of hydrogen-bond donors (Lipinski definition) is 1. The van der Waals surface area contributed by atoms with Crippen molar-refractivity contribution in [3.8, 4) is 0 Å². The topological polar surface area (TPSA) is 35.6 Å². The Hall–Kier alpha value is -2.85. The van der Waals surface area contributed by atoms with E-state index in [-0.39, 0.29) is 6.03 Å². The van der Waals surface area contributed by atoms with E-state index in [0.29, 0.717) is 6.04 Å². The maximum absolute atomic E-state index is 12.7. The molecule has 154 valence electrons. The molecule has 1 N–H and O–H groups in total. The zero-order valence-corrected chi connectivity index (χ0v) is 17.3. The summed E-state index contributed by atoms with van der Waals surface area (Å²) in [4.78, 5) is 17.2. The number of hydrogen-bond acceptors (Lipinski definition) is 2. The van der Waals surface area contributed by atoms with Gasteiger partial charge in [0.1, 0.15) is 0 Å². The van der Waals surface area contributed by atoms with Gasteiger partial charge in [-0.15, -0.1) is 0 Å². The number of anilines is 1. The summed E-state index contributed by atoms with van der Waals surface area (Å²) in [6, 6.07) is 25.6. The first-order valence-electron chi connectivity index (χ1n) is 11.1. The first kappa shape index (κ1) is 19.1. The molecule has 2 fully saturated rings. The molecule has 0 saturated carbocycles. The third-order valence-electron chi connectivity index (χ3n) is 6.71. The SMILES string of the molecule is O=C(Nc1cccc2ccccc12)N1CC(N2CCC(Cc3ccccc3)CC2)C1. The summed E-state index contributed by atoms with van der Waals surface area (Å²) in [5.41, 5.74) is 2.35. The van der Waals surface area contributed by atoms with E-state index in [1.807, 2.05) is 29.2 Å². The number of fused-ring (bicyclic) bond motifs is 1. The maximum atomic E-state index is 12.7. The number of rotatable bonds is 4. The minimum Gasteiger partial charge on any atom is -0.321 e. The lowest BCUT2D eigenvalue weighted by molar-refractivity contribution is 0.0383. The van der Waals surface area contributed by atoms with Crippen molar-refractivity contribution in [2.75, 3.05) is 31.5 Å². The van der Waals surface area contributed by atoms with E-state index < -0.39 is 0 Å². The fourth-order valence-corrected chi connectivity index (χ4v) is 4.85. The molecule has 0 radical (unpaired) electrons. The van der Waals surface area contributed by atoms with Crippen molar-refractivity contribution < 1.29 is 4.79 Å². The van der Waals surface area contributed by atoms with Crippen LogP contribution >= 0.6 is 0 Å². The predicted molar refractivity (Wildman–Crippen MR) is 123 cm³/mol. The Morgan fingerprint density at radius 2 is 1.57 bits per heavy atom. The monoisotopic (exact) mass is 399 g/mol. The molecule has 0 spiro atoms. The van der Waals surface area contributed by atoms with Gasteiger partial charge in [-0.1, -0.05) is 66.7 Å². The minimum atomic E-state index is 0.0153. The number of nitrogens with one attached hydrogen (secondary N) is 1. The lowest BCUT2D eigenvalue weighted by Gasteiger charge is -2.47. The number of benzene rings is 3. The van der Waals surface area contributed by atoms with Gasteiger partial charge in [0, 0.05) is 24.5 Å². The number of carbonyl (C=O) groups is 1. The molecular formula is C26H29N3O. The van der Waals surface area contributed by atoms with E-state index in [9.17, 15) is 4.79 Å². The van der Waals surface area contributed by atoms with Crippen molar-refractivity contribution in [3.05, 3.63) is 78.4 Å². The van der Waals surface area contributed by atoms with Gasteiger partial charge in [0.25, 0.3) is 0 Å². The van der Waals surface area contributed by atoms with Crippen molar-refractivity contribution in [3.63, 3.8) is 0 Å². The molecule has 0 aromatic heterocycles.